The fraction of sp³-hybridized carbons (Fsp3) is 0.897. The summed E-state index contributed by atoms with van der Waals surface area (Å²) in [7, 11) is 0. The molecule has 0 aromatic heterocycles. The van der Waals surface area contributed by atoms with E-state index in [2.05, 4.69) is 34.6 Å². The smallest absolute Gasteiger partial charge is 0.307 e. The summed E-state index contributed by atoms with van der Waals surface area (Å²) in [4.78, 5) is 23.3. The highest BCUT2D eigenvalue weighted by atomic mass is 16.6. The average Bonchev–Trinajstić information content (AvgIpc) is 3.10. The van der Waals surface area contributed by atoms with Gasteiger partial charge in [-0.25, -0.2) is 0 Å². The quantitative estimate of drug-likeness (QED) is 0.215. The molecule has 3 saturated carbocycles. The predicted molar refractivity (Wildman–Crippen MR) is 134 cm³/mol. The zero-order valence-electron chi connectivity index (χ0n) is 22.4. The number of carbonyl (C=O) groups is 1. The summed E-state index contributed by atoms with van der Waals surface area (Å²) in [6.45, 7) is 13.4. The van der Waals surface area contributed by atoms with E-state index >= 15 is 0 Å². The van der Waals surface area contributed by atoms with Gasteiger partial charge in [0, 0.05) is 19.8 Å². The molecule has 0 heterocycles. The van der Waals surface area contributed by atoms with Crippen molar-refractivity contribution in [1.82, 2.24) is 0 Å². The molecule has 5 nitrogen and oxygen atoms in total. The maximum Gasteiger partial charge on any atom is 0.307 e. The molecule has 0 aromatic rings. The molecule has 0 bridgehead atoms. The van der Waals surface area contributed by atoms with E-state index in [1.54, 1.807) is 0 Å². The second kappa shape index (κ2) is 9.58. The van der Waals surface area contributed by atoms with E-state index in [0.717, 1.165) is 30.1 Å². The Hall–Kier alpha value is -1.39. The van der Waals surface area contributed by atoms with Crippen molar-refractivity contribution in [2.24, 2.45) is 52.3 Å². The van der Waals surface area contributed by atoms with Crippen LogP contribution in [0.1, 0.15) is 112 Å². The van der Waals surface area contributed by atoms with Crippen molar-refractivity contribution in [2.45, 2.75) is 112 Å². The Morgan fingerprint density at radius 1 is 1.06 bits per heavy atom. The number of hydrogen-bond donors (Lipinski definition) is 0. The number of nitro groups is 1. The molecule has 4 aliphatic carbocycles. The van der Waals surface area contributed by atoms with Crippen LogP contribution in [0.5, 0.6) is 0 Å². The molecule has 0 spiro atoms. The monoisotopic (exact) mass is 473 g/mol. The van der Waals surface area contributed by atoms with Gasteiger partial charge in [0.15, 0.2) is 5.76 Å². The molecule has 0 radical (unpaired) electrons. The van der Waals surface area contributed by atoms with Crippen molar-refractivity contribution in [3.05, 3.63) is 21.6 Å². The molecule has 0 aliphatic heterocycles. The fourth-order valence-electron chi connectivity index (χ4n) is 9.41. The molecule has 192 valence electrons. The third-order valence-electron chi connectivity index (χ3n) is 11.1. The summed E-state index contributed by atoms with van der Waals surface area (Å²) in [5.74, 6) is 4.68. The zero-order valence-corrected chi connectivity index (χ0v) is 22.4. The Labute approximate surface area is 206 Å². The van der Waals surface area contributed by atoms with E-state index < -0.39 is 5.97 Å². The maximum atomic E-state index is 12.0. The summed E-state index contributed by atoms with van der Waals surface area (Å²) in [5, 5.41) is 12.0. The highest BCUT2D eigenvalue weighted by Crippen LogP contribution is 2.68. The summed E-state index contributed by atoms with van der Waals surface area (Å²) < 4.78 is 5.37. The third-order valence-corrected chi connectivity index (χ3v) is 11.1. The first kappa shape index (κ1) is 25.7. The number of allylic oxidation sites excluding steroid dienone is 2. The van der Waals surface area contributed by atoms with Gasteiger partial charge >= 0.3 is 5.97 Å². The Morgan fingerprint density at radius 2 is 1.76 bits per heavy atom. The van der Waals surface area contributed by atoms with Crippen LogP contribution < -0.4 is 0 Å². The van der Waals surface area contributed by atoms with Crippen LogP contribution in [0.3, 0.4) is 0 Å². The number of carbonyl (C=O) groups excluding carboxylic acids is 1. The number of nitrogens with zero attached hydrogens (tertiary/aromatic N) is 1. The largest absolute Gasteiger partial charge is 0.424 e. The normalized spacial score (nSPS) is 40.4. The van der Waals surface area contributed by atoms with Crippen molar-refractivity contribution in [3.8, 4) is 0 Å². The maximum absolute atomic E-state index is 12.0. The molecule has 0 amide bonds. The Bertz CT molecular complexity index is 834. The van der Waals surface area contributed by atoms with E-state index in [-0.39, 0.29) is 16.0 Å². The number of ether oxygens (including phenoxy) is 1. The van der Waals surface area contributed by atoms with Crippen molar-refractivity contribution >= 4 is 5.97 Å². The molecule has 0 N–H and O–H groups in total. The van der Waals surface area contributed by atoms with Gasteiger partial charge < -0.3 is 4.74 Å². The van der Waals surface area contributed by atoms with Crippen molar-refractivity contribution in [2.75, 3.05) is 0 Å². The fourth-order valence-corrected chi connectivity index (χ4v) is 9.41. The van der Waals surface area contributed by atoms with E-state index in [9.17, 15) is 14.9 Å². The van der Waals surface area contributed by atoms with Gasteiger partial charge in [-0.1, -0.05) is 53.9 Å². The molecule has 0 saturated heterocycles. The number of fused-ring (bicyclic) bond motifs is 5. The van der Waals surface area contributed by atoms with Gasteiger partial charge in [-0.2, -0.15) is 0 Å². The minimum absolute atomic E-state index is 0.0583. The molecule has 0 unspecified atom stereocenters. The molecule has 4 aliphatic rings. The van der Waals surface area contributed by atoms with Gasteiger partial charge in [0.1, 0.15) is 0 Å². The number of hydrogen-bond acceptors (Lipinski definition) is 4. The van der Waals surface area contributed by atoms with E-state index in [4.69, 9.17) is 4.74 Å². The lowest BCUT2D eigenvalue weighted by Crippen LogP contribution is -2.53. The number of rotatable bonds is 7. The van der Waals surface area contributed by atoms with Crippen LogP contribution >= 0.6 is 0 Å². The third kappa shape index (κ3) is 4.46. The minimum Gasteiger partial charge on any atom is -0.424 e. The van der Waals surface area contributed by atoms with Crippen molar-refractivity contribution < 1.29 is 14.5 Å². The molecule has 3 fully saturated rings. The van der Waals surface area contributed by atoms with Crippen LogP contribution in [0.25, 0.3) is 0 Å². The van der Waals surface area contributed by atoms with Gasteiger partial charge in [0.05, 0.1) is 4.92 Å². The van der Waals surface area contributed by atoms with E-state index in [1.165, 1.54) is 58.3 Å². The van der Waals surface area contributed by atoms with E-state index in [0.29, 0.717) is 41.8 Å². The van der Waals surface area contributed by atoms with Crippen molar-refractivity contribution in [3.63, 3.8) is 0 Å². The van der Waals surface area contributed by atoms with Crippen LogP contribution in [0.4, 0.5) is 0 Å². The molecular formula is C29H47NO4. The lowest BCUT2D eigenvalue weighted by molar-refractivity contribution is -0.436. The first-order chi connectivity index (χ1) is 16.0. The highest BCUT2D eigenvalue weighted by molar-refractivity contribution is 5.67. The zero-order chi connectivity index (χ0) is 24.8. The first-order valence-electron chi connectivity index (χ1n) is 14.0. The summed E-state index contributed by atoms with van der Waals surface area (Å²) >= 11 is 0. The second-order valence-electron chi connectivity index (χ2n) is 13.3. The molecule has 5 heteroatoms. The minimum atomic E-state index is -0.445. The van der Waals surface area contributed by atoms with Crippen LogP contribution in [0.2, 0.25) is 0 Å². The van der Waals surface area contributed by atoms with Crippen LogP contribution in [-0.4, -0.2) is 10.9 Å². The molecular weight excluding hydrogens is 426 g/mol. The lowest BCUT2D eigenvalue weighted by atomic mass is 9.44. The first-order valence-corrected chi connectivity index (χ1v) is 14.0. The standard InChI is InChI=1S/C29H47NO4/c1-18(2)8-7-9-19(3)23-12-13-24-22-11-10-21-16-27(34-20(4)31)26(30(32)33)17-29(21,6)25(22)14-15-28(23,24)5/h18-19,21-25H,7-17H2,1-6H3/t19-,21+,22-,23+,24-,25-,28+,29+/m1/s1. The van der Waals surface area contributed by atoms with Gasteiger partial charge in [-0.15, -0.1) is 0 Å². The molecule has 0 aromatic carbocycles. The van der Waals surface area contributed by atoms with Gasteiger partial charge in [0.25, 0.3) is 5.70 Å². The highest BCUT2D eigenvalue weighted by Gasteiger charge is 2.61. The Kier molecular flexibility index (Phi) is 7.24. The molecule has 34 heavy (non-hydrogen) atoms. The van der Waals surface area contributed by atoms with Gasteiger partial charge in [-0.3, -0.25) is 14.9 Å². The van der Waals surface area contributed by atoms with Crippen LogP contribution in [0.15, 0.2) is 11.5 Å². The average molecular weight is 474 g/mol. The lowest BCUT2D eigenvalue weighted by Gasteiger charge is -2.60. The SMILES string of the molecule is CC(=O)OC1=C([N+](=O)[O-])C[C@@]2(C)[C@@H](CC[C@H]3[C@H]2CC[C@]2(C)[C@@H]3CC[C@H]2[C@H](C)CCCC(C)C)C1. The predicted octanol–water partition coefficient (Wildman–Crippen LogP) is 7.77. The Balaban J connectivity index is 1.53. The molecule has 4 rings (SSSR count). The number of esters is 1. The topological polar surface area (TPSA) is 69.4 Å². The summed E-state index contributed by atoms with van der Waals surface area (Å²) in [5.41, 5.74) is 0.532. The van der Waals surface area contributed by atoms with Crippen LogP contribution in [0, 0.1) is 62.4 Å². The summed E-state index contributed by atoms with van der Waals surface area (Å²) in [6, 6.07) is 0. The van der Waals surface area contributed by atoms with Crippen LogP contribution in [-0.2, 0) is 9.53 Å². The molecule has 8 atom stereocenters. The Morgan fingerprint density at radius 3 is 2.41 bits per heavy atom. The van der Waals surface area contributed by atoms with Gasteiger partial charge in [0.2, 0.25) is 0 Å². The van der Waals surface area contributed by atoms with Crippen molar-refractivity contribution in [1.29, 1.82) is 0 Å². The van der Waals surface area contributed by atoms with E-state index in [1.807, 2.05) is 0 Å². The van der Waals surface area contributed by atoms with Gasteiger partial charge in [-0.05, 0) is 90.8 Å². The summed E-state index contributed by atoms with van der Waals surface area (Å²) in [6.07, 6.45) is 12.6. The second-order valence-corrected chi connectivity index (χ2v) is 13.3.